The smallest absolute Gasteiger partial charge is 0.248 e. The van der Waals surface area contributed by atoms with Crippen molar-refractivity contribution in [3.05, 3.63) is 41.4 Å². The first-order valence-electron chi connectivity index (χ1n) is 6.43. The number of anilines is 2. The molecule has 0 saturated carbocycles. The Hall–Kier alpha value is -2.74. The Morgan fingerprint density at radius 3 is 2.23 bits per heavy atom. The van der Waals surface area contributed by atoms with Crippen LogP contribution in [0.3, 0.4) is 0 Å². The quantitative estimate of drug-likeness (QED) is 0.750. The number of benzene rings is 1. The van der Waals surface area contributed by atoms with Crippen LogP contribution in [0.2, 0.25) is 0 Å². The number of nitrogens with one attached hydrogen (secondary N) is 2. The third kappa shape index (κ3) is 4.67. The Morgan fingerprint density at radius 2 is 1.68 bits per heavy atom. The maximum absolute atomic E-state index is 11.7. The van der Waals surface area contributed by atoms with E-state index in [0.717, 1.165) is 0 Å². The van der Waals surface area contributed by atoms with E-state index in [-0.39, 0.29) is 24.7 Å². The van der Waals surface area contributed by atoms with Crippen LogP contribution in [0.1, 0.15) is 23.2 Å². The summed E-state index contributed by atoms with van der Waals surface area (Å²) in [6.45, 7) is 0. The summed E-state index contributed by atoms with van der Waals surface area (Å²) in [6.07, 6.45) is 1.70. The molecule has 22 heavy (non-hydrogen) atoms. The van der Waals surface area contributed by atoms with E-state index < -0.39 is 5.91 Å². The lowest BCUT2D eigenvalue weighted by Gasteiger charge is -2.05. The largest absolute Gasteiger partial charge is 0.366 e. The molecule has 0 aliphatic heterocycles. The average Bonchev–Trinajstić information content (AvgIpc) is 2.98. The fourth-order valence-corrected chi connectivity index (χ4v) is 2.18. The second kappa shape index (κ2) is 7.32. The Bertz CT molecular complexity index is 668. The minimum Gasteiger partial charge on any atom is -0.366 e. The van der Waals surface area contributed by atoms with E-state index in [2.05, 4.69) is 15.6 Å². The van der Waals surface area contributed by atoms with Crippen LogP contribution in [0.4, 0.5) is 10.8 Å². The molecular formula is C14H14N4O3S. The molecule has 0 saturated heterocycles. The second-order valence-electron chi connectivity index (χ2n) is 4.38. The highest BCUT2D eigenvalue weighted by Gasteiger charge is 2.09. The van der Waals surface area contributed by atoms with Crippen molar-refractivity contribution in [2.45, 2.75) is 12.8 Å². The van der Waals surface area contributed by atoms with Gasteiger partial charge in [0.2, 0.25) is 17.7 Å². The molecule has 7 nitrogen and oxygen atoms in total. The van der Waals surface area contributed by atoms with Crippen molar-refractivity contribution in [3.63, 3.8) is 0 Å². The van der Waals surface area contributed by atoms with Crippen LogP contribution in [0.5, 0.6) is 0 Å². The van der Waals surface area contributed by atoms with Gasteiger partial charge in [-0.05, 0) is 24.3 Å². The summed E-state index contributed by atoms with van der Waals surface area (Å²) in [6, 6.07) is 6.20. The summed E-state index contributed by atoms with van der Waals surface area (Å²) in [5.74, 6) is -1.09. The fraction of sp³-hybridized carbons (Fsp3) is 0.143. The Kier molecular flexibility index (Phi) is 5.21. The number of nitrogens with two attached hydrogens (primary N) is 1. The van der Waals surface area contributed by atoms with E-state index in [1.807, 2.05) is 0 Å². The van der Waals surface area contributed by atoms with Gasteiger partial charge in [-0.15, -0.1) is 11.3 Å². The van der Waals surface area contributed by atoms with Crippen molar-refractivity contribution in [2.75, 3.05) is 10.6 Å². The van der Waals surface area contributed by atoms with Gasteiger partial charge in [-0.2, -0.15) is 0 Å². The lowest BCUT2D eigenvalue weighted by Crippen LogP contribution is -2.17. The molecule has 0 bridgehead atoms. The van der Waals surface area contributed by atoms with Crippen LogP contribution >= 0.6 is 11.3 Å². The first-order valence-corrected chi connectivity index (χ1v) is 7.31. The minimum absolute atomic E-state index is 0.0504. The maximum Gasteiger partial charge on any atom is 0.248 e. The Morgan fingerprint density at radius 1 is 1.05 bits per heavy atom. The summed E-state index contributed by atoms with van der Waals surface area (Å²) in [7, 11) is 0. The number of amides is 3. The van der Waals surface area contributed by atoms with Crippen LogP contribution in [-0.4, -0.2) is 22.7 Å². The molecule has 1 heterocycles. The minimum atomic E-state index is -0.531. The molecule has 0 unspecified atom stereocenters. The molecule has 2 aromatic rings. The van der Waals surface area contributed by atoms with E-state index in [9.17, 15) is 14.4 Å². The lowest BCUT2D eigenvalue weighted by molar-refractivity contribution is -0.121. The summed E-state index contributed by atoms with van der Waals surface area (Å²) < 4.78 is 0. The maximum atomic E-state index is 11.7. The lowest BCUT2D eigenvalue weighted by atomic mass is 10.2. The van der Waals surface area contributed by atoms with E-state index in [0.29, 0.717) is 16.4 Å². The molecule has 1 aromatic heterocycles. The first kappa shape index (κ1) is 15.6. The third-order valence-corrected chi connectivity index (χ3v) is 3.40. The van der Waals surface area contributed by atoms with Gasteiger partial charge in [-0.1, -0.05) is 0 Å². The molecule has 0 aliphatic carbocycles. The van der Waals surface area contributed by atoms with Gasteiger partial charge in [0.05, 0.1) is 0 Å². The Labute approximate surface area is 130 Å². The summed E-state index contributed by atoms with van der Waals surface area (Å²) in [5.41, 5.74) is 6.03. The number of nitrogens with zero attached hydrogens (tertiary/aromatic N) is 1. The molecule has 8 heteroatoms. The van der Waals surface area contributed by atoms with Crippen LogP contribution in [0.25, 0.3) is 0 Å². The van der Waals surface area contributed by atoms with E-state index in [1.54, 1.807) is 23.7 Å². The topological polar surface area (TPSA) is 114 Å². The van der Waals surface area contributed by atoms with Crippen molar-refractivity contribution in [1.82, 2.24) is 4.98 Å². The van der Waals surface area contributed by atoms with Gasteiger partial charge in [0, 0.05) is 35.7 Å². The fourth-order valence-electron chi connectivity index (χ4n) is 1.64. The highest BCUT2D eigenvalue weighted by Crippen LogP contribution is 2.12. The number of hydrogen-bond acceptors (Lipinski definition) is 5. The van der Waals surface area contributed by atoms with Crippen molar-refractivity contribution in [1.29, 1.82) is 0 Å². The standard InChI is InChI=1S/C14H14N4O3S/c15-13(21)9-1-3-10(4-2-9)17-11(19)5-6-12(20)18-14-16-7-8-22-14/h1-4,7-8H,5-6H2,(H2,15,21)(H,17,19)(H,16,18,20). The third-order valence-electron chi connectivity index (χ3n) is 2.71. The van der Waals surface area contributed by atoms with Gasteiger partial charge >= 0.3 is 0 Å². The van der Waals surface area contributed by atoms with Crippen LogP contribution in [0, 0.1) is 0 Å². The van der Waals surface area contributed by atoms with Crippen LogP contribution in [-0.2, 0) is 9.59 Å². The number of carbonyl (C=O) groups excluding carboxylic acids is 3. The van der Waals surface area contributed by atoms with Crippen LogP contribution in [0.15, 0.2) is 35.8 Å². The number of aromatic nitrogens is 1. The number of hydrogen-bond donors (Lipinski definition) is 3. The molecule has 4 N–H and O–H groups in total. The number of rotatable bonds is 6. The zero-order valence-corrected chi connectivity index (χ0v) is 12.4. The molecule has 3 amide bonds. The summed E-state index contributed by atoms with van der Waals surface area (Å²) >= 11 is 1.31. The predicted molar refractivity (Wildman–Crippen MR) is 83.6 cm³/mol. The van der Waals surface area contributed by atoms with E-state index >= 15 is 0 Å². The normalized spacial score (nSPS) is 10.0. The zero-order valence-electron chi connectivity index (χ0n) is 11.5. The molecule has 0 atom stereocenters. The summed E-state index contributed by atoms with van der Waals surface area (Å²) in [4.78, 5) is 38.2. The molecule has 0 radical (unpaired) electrons. The molecule has 114 valence electrons. The van der Waals surface area contributed by atoms with Crippen molar-refractivity contribution in [3.8, 4) is 0 Å². The average molecular weight is 318 g/mol. The van der Waals surface area contributed by atoms with Gasteiger partial charge < -0.3 is 16.4 Å². The Balaban J connectivity index is 1.77. The van der Waals surface area contributed by atoms with Crippen molar-refractivity contribution >= 4 is 39.9 Å². The van der Waals surface area contributed by atoms with E-state index in [1.165, 1.54) is 23.5 Å². The predicted octanol–water partition coefficient (Wildman–Crippen LogP) is 1.60. The first-order chi connectivity index (χ1) is 10.5. The molecule has 0 aliphatic rings. The monoisotopic (exact) mass is 318 g/mol. The molecule has 0 fully saturated rings. The van der Waals surface area contributed by atoms with E-state index in [4.69, 9.17) is 5.73 Å². The van der Waals surface area contributed by atoms with Gasteiger partial charge in [0.1, 0.15) is 0 Å². The number of primary amides is 1. The SMILES string of the molecule is NC(=O)c1ccc(NC(=O)CCC(=O)Nc2nccs2)cc1. The summed E-state index contributed by atoms with van der Waals surface area (Å²) in [5, 5.41) is 7.49. The van der Waals surface area contributed by atoms with Gasteiger partial charge in [0.25, 0.3) is 0 Å². The van der Waals surface area contributed by atoms with Crippen LogP contribution < -0.4 is 16.4 Å². The molecular weight excluding hydrogens is 304 g/mol. The molecule has 1 aromatic carbocycles. The van der Waals surface area contributed by atoms with Gasteiger partial charge in [0.15, 0.2) is 5.13 Å². The zero-order chi connectivity index (χ0) is 15.9. The van der Waals surface area contributed by atoms with Crippen molar-refractivity contribution < 1.29 is 14.4 Å². The second-order valence-corrected chi connectivity index (χ2v) is 5.27. The van der Waals surface area contributed by atoms with Gasteiger partial charge in [-0.3, -0.25) is 14.4 Å². The molecule has 2 rings (SSSR count). The number of thiazole rings is 1. The van der Waals surface area contributed by atoms with Crippen molar-refractivity contribution in [2.24, 2.45) is 5.73 Å². The van der Waals surface area contributed by atoms with Gasteiger partial charge in [-0.25, -0.2) is 4.98 Å². The highest BCUT2D eigenvalue weighted by molar-refractivity contribution is 7.13. The highest BCUT2D eigenvalue weighted by atomic mass is 32.1. The molecule has 0 spiro atoms. The number of carbonyl (C=O) groups is 3.